The Balaban J connectivity index is 2.20. The van der Waals surface area contributed by atoms with Gasteiger partial charge in [-0.1, -0.05) is 31.2 Å². The van der Waals surface area contributed by atoms with E-state index in [1.54, 1.807) is 0 Å². The lowest BCUT2D eigenvalue weighted by Gasteiger charge is -2.16. The van der Waals surface area contributed by atoms with Crippen LogP contribution in [0.1, 0.15) is 22.8 Å². The average Bonchev–Trinajstić information content (AvgIpc) is 2.57. The largest absolute Gasteiger partial charge is 0.378 e. The number of Topliss-reactive ketones (excluding diaryl/α,β-unsaturated/α-hetero) is 1. The van der Waals surface area contributed by atoms with E-state index in [0.29, 0.717) is 13.0 Å². The highest BCUT2D eigenvalue weighted by Crippen LogP contribution is 2.27. The lowest BCUT2D eigenvalue weighted by molar-refractivity contribution is 0.0598. The summed E-state index contributed by atoms with van der Waals surface area (Å²) in [5.74, 6) is -0.263. The molecule has 0 aromatic heterocycles. The number of carbonyl (C=O) groups excluding carboxylic acids is 1. The highest BCUT2D eigenvalue weighted by molar-refractivity contribution is 6.02. The minimum atomic E-state index is -0.727. The van der Waals surface area contributed by atoms with E-state index < -0.39 is 6.23 Å². The van der Waals surface area contributed by atoms with Gasteiger partial charge in [0.05, 0.1) is 5.92 Å². The van der Waals surface area contributed by atoms with Gasteiger partial charge in [-0.15, -0.1) is 0 Å². The summed E-state index contributed by atoms with van der Waals surface area (Å²) in [5.41, 5.74) is 1.81. The summed E-state index contributed by atoms with van der Waals surface area (Å²) in [6.07, 6.45) is -0.0849. The van der Waals surface area contributed by atoms with Crippen molar-refractivity contribution in [3.05, 3.63) is 35.4 Å². The van der Waals surface area contributed by atoms with Crippen molar-refractivity contribution in [2.24, 2.45) is 5.92 Å². The van der Waals surface area contributed by atoms with E-state index in [9.17, 15) is 9.90 Å². The maximum atomic E-state index is 11.9. The first-order chi connectivity index (χ1) is 7.24. The van der Waals surface area contributed by atoms with Crippen LogP contribution in [0.4, 0.5) is 0 Å². The zero-order chi connectivity index (χ0) is 10.8. The molecule has 0 fully saturated rings. The topological polar surface area (TPSA) is 49.3 Å². The maximum Gasteiger partial charge on any atom is 0.170 e. The molecule has 3 nitrogen and oxygen atoms in total. The van der Waals surface area contributed by atoms with Crippen molar-refractivity contribution in [1.29, 1.82) is 0 Å². The van der Waals surface area contributed by atoms with Crippen LogP contribution in [0, 0.1) is 5.92 Å². The highest BCUT2D eigenvalue weighted by atomic mass is 16.3. The lowest BCUT2D eigenvalue weighted by Crippen LogP contribution is -2.38. The van der Waals surface area contributed by atoms with Gasteiger partial charge in [-0.25, -0.2) is 0 Å². The van der Waals surface area contributed by atoms with Crippen LogP contribution in [0.25, 0.3) is 0 Å². The van der Waals surface area contributed by atoms with Crippen molar-refractivity contribution in [2.45, 2.75) is 19.6 Å². The molecule has 1 aromatic rings. The van der Waals surface area contributed by atoms with Gasteiger partial charge in [0.15, 0.2) is 5.78 Å². The third-order valence-corrected chi connectivity index (χ3v) is 2.85. The highest BCUT2D eigenvalue weighted by Gasteiger charge is 2.34. The summed E-state index contributed by atoms with van der Waals surface area (Å²) in [5, 5.41) is 12.6. The monoisotopic (exact) mass is 205 g/mol. The molecule has 80 valence electrons. The zero-order valence-corrected chi connectivity index (χ0v) is 8.73. The molecular weight excluding hydrogens is 190 g/mol. The number of benzene rings is 1. The molecule has 1 aliphatic rings. The van der Waals surface area contributed by atoms with Crippen LogP contribution in [-0.2, 0) is 6.42 Å². The summed E-state index contributed by atoms with van der Waals surface area (Å²) in [6, 6.07) is 7.56. The number of hydrogen-bond donors (Lipinski definition) is 2. The first-order valence-corrected chi connectivity index (χ1v) is 5.27. The van der Waals surface area contributed by atoms with Crippen LogP contribution in [0.15, 0.2) is 24.3 Å². The van der Waals surface area contributed by atoms with Crippen LogP contribution in [0.3, 0.4) is 0 Å². The van der Waals surface area contributed by atoms with Gasteiger partial charge in [-0.2, -0.15) is 0 Å². The van der Waals surface area contributed by atoms with Gasteiger partial charge in [0.2, 0.25) is 0 Å². The maximum absolute atomic E-state index is 11.9. The van der Waals surface area contributed by atoms with Crippen molar-refractivity contribution in [1.82, 2.24) is 5.32 Å². The van der Waals surface area contributed by atoms with Crippen molar-refractivity contribution in [3.63, 3.8) is 0 Å². The Hall–Kier alpha value is -1.19. The Morgan fingerprint density at radius 2 is 2.27 bits per heavy atom. The fourth-order valence-electron chi connectivity index (χ4n) is 2.07. The second kappa shape index (κ2) is 4.13. The Morgan fingerprint density at radius 1 is 1.53 bits per heavy atom. The molecule has 0 amide bonds. The smallest absolute Gasteiger partial charge is 0.170 e. The van der Waals surface area contributed by atoms with Crippen LogP contribution >= 0.6 is 0 Å². The molecule has 0 saturated carbocycles. The predicted octanol–water partition coefficient (Wildman–Crippen LogP) is 0.970. The van der Waals surface area contributed by atoms with Gasteiger partial charge < -0.3 is 5.11 Å². The number of ketones is 1. The van der Waals surface area contributed by atoms with Gasteiger partial charge in [0.1, 0.15) is 6.23 Å². The first-order valence-electron chi connectivity index (χ1n) is 5.27. The van der Waals surface area contributed by atoms with Crippen molar-refractivity contribution in [2.75, 3.05) is 6.54 Å². The van der Waals surface area contributed by atoms with Crippen molar-refractivity contribution >= 4 is 5.78 Å². The minimum absolute atomic E-state index is 0.0547. The fraction of sp³-hybridized carbons (Fsp3) is 0.417. The Morgan fingerprint density at radius 3 is 2.93 bits per heavy atom. The molecule has 0 heterocycles. The summed E-state index contributed by atoms with van der Waals surface area (Å²) in [4.78, 5) is 11.9. The van der Waals surface area contributed by atoms with Gasteiger partial charge in [0, 0.05) is 5.56 Å². The van der Waals surface area contributed by atoms with E-state index in [1.165, 1.54) is 0 Å². The van der Waals surface area contributed by atoms with E-state index >= 15 is 0 Å². The molecule has 1 aliphatic carbocycles. The summed E-state index contributed by atoms with van der Waals surface area (Å²) >= 11 is 0. The van der Waals surface area contributed by atoms with E-state index in [4.69, 9.17) is 0 Å². The Bertz CT molecular complexity index is 376. The van der Waals surface area contributed by atoms with E-state index in [-0.39, 0.29) is 11.7 Å². The lowest BCUT2D eigenvalue weighted by atomic mass is 10.0. The van der Waals surface area contributed by atoms with E-state index in [0.717, 1.165) is 11.1 Å². The Labute approximate surface area is 89.1 Å². The number of hydrogen-bond acceptors (Lipinski definition) is 3. The molecule has 2 rings (SSSR count). The molecule has 15 heavy (non-hydrogen) atoms. The van der Waals surface area contributed by atoms with Crippen LogP contribution in [0.2, 0.25) is 0 Å². The summed E-state index contributed by atoms with van der Waals surface area (Å²) < 4.78 is 0. The standard InChI is InChI=1S/C12H15NO2/c1-2-13-12(15)10-7-8-5-3-4-6-9(8)11(10)14/h3-6,10,12-13,15H,2,7H2,1H3. The summed E-state index contributed by atoms with van der Waals surface area (Å²) in [6.45, 7) is 2.58. The van der Waals surface area contributed by atoms with Gasteiger partial charge in [-0.3, -0.25) is 10.1 Å². The molecule has 0 bridgehead atoms. The molecular formula is C12H15NO2. The molecule has 2 atom stereocenters. The number of carbonyl (C=O) groups is 1. The molecule has 0 radical (unpaired) electrons. The van der Waals surface area contributed by atoms with Gasteiger partial charge in [-0.05, 0) is 18.5 Å². The third-order valence-electron chi connectivity index (χ3n) is 2.85. The molecule has 0 aliphatic heterocycles. The van der Waals surface area contributed by atoms with E-state index in [1.807, 2.05) is 31.2 Å². The van der Waals surface area contributed by atoms with E-state index in [2.05, 4.69) is 5.32 Å². The van der Waals surface area contributed by atoms with Crippen molar-refractivity contribution < 1.29 is 9.90 Å². The third kappa shape index (κ3) is 1.80. The fourth-order valence-corrected chi connectivity index (χ4v) is 2.07. The molecule has 0 saturated heterocycles. The predicted molar refractivity (Wildman–Crippen MR) is 57.7 cm³/mol. The second-order valence-electron chi connectivity index (χ2n) is 3.83. The van der Waals surface area contributed by atoms with Crippen LogP contribution in [0.5, 0.6) is 0 Å². The Kier molecular flexibility index (Phi) is 2.84. The zero-order valence-electron chi connectivity index (χ0n) is 8.73. The first kappa shape index (κ1) is 10.3. The van der Waals surface area contributed by atoms with Crippen LogP contribution in [-0.4, -0.2) is 23.7 Å². The quantitative estimate of drug-likeness (QED) is 0.723. The second-order valence-corrected chi connectivity index (χ2v) is 3.83. The normalized spacial score (nSPS) is 21.5. The molecule has 2 N–H and O–H groups in total. The molecule has 1 aromatic carbocycles. The number of aliphatic hydroxyl groups is 1. The number of rotatable bonds is 3. The minimum Gasteiger partial charge on any atom is -0.378 e. The number of aliphatic hydroxyl groups excluding tert-OH is 1. The molecule has 0 spiro atoms. The number of nitrogens with one attached hydrogen (secondary N) is 1. The average molecular weight is 205 g/mol. The van der Waals surface area contributed by atoms with Gasteiger partial charge in [0.25, 0.3) is 0 Å². The molecule has 3 heteroatoms. The van der Waals surface area contributed by atoms with Gasteiger partial charge >= 0.3 is 0 Å². The number of fused-ring (bicyclic) bond motifs is 1. The van der Waals surface area contributed by atoms with Crippen LogP contribution < -0.4 is 5.32 Å². The van der Waals surface area contributed by atoms with Crippen molar-refractivity contribution in [3.8, 4) is 0 Å². The SMILES string of the molecule is CCNC(O)C1Cc2ccccc2C1=O. The molecule has 2 unspecified atom stereocenters. The summed E-state index contributed by atoms with van der Waals surface area (Å²) in [7, 11) is 0.